The fraction of sp³-hybridized carbons (Fsp3) is 0.625. The molecule has 0 aliphatic heterocycles. The molecule has 1 fully saturated rings. The molecule has 3 N–H and O–H groups in total. The number of carbonyl (C=O) groups is 1. The van der Waals surface area contributed by atoms with Crippen LogP contribution in [0.1, 0.15) is 82.6 Å². The molecular formula is C24H36F2N4O. The molecule has 1 saturated carbocycles. The van der Waals surface area contributed by atoms with E-state index in [0.717, 1.165) is 12.8 Å². The Hall–Kier alpha value is -2.31. The Bertz CT molecular complexity index is 760. The van der Waals surface area contributed by atoms with Crippen molar-refractivity contribution in [3.05, 3.63) is 30.5 Å². The van der Waals surface area contributed by atoms with Crippen LogP contribution in [0.5, 0.6) is 0 Å². The first-order chi connectivity index (χ1) is 14.7. The molecule has 2 rings (SSSR count). The van der Waals surface area contributed by atoms with Crippen LogP contribution >= 0.6 is 0 Å². The largest absolute Gasteiger partial charge is 0.398 e. The lowest BCUT2D eigenvalue weighted by atomic mass is 9.93. The van der Waals surface area contributed by atoms with E-state index in [1.54, 1.807) is 12.3 Å². The lowest BCUT2D eigenvalue weighted by Crippen LogP contribution is -2.35. The number of alkyl halides is 2. The van der Waals surface area contributed by atoms with Gasteiger partial charge >= 0.3 is 0 Å². The number of halogens is 2. The topological polar surface area (TPSA) is 83.1 Å². The molecule has 0 spiro atoms. The monoisotopic (exact) mass is 434 g/mol. The molecule has 1 aromatic rings. The van der Waals surface area contributed by atoms with Gasteiger partial charge in [0.1, 0.15) is 11.6 Å². The summed E-state index contributed by atoms with van der Waals surface area (Å²) in [7, 11) is 1.99. The number of hydrogen-bond donors (Lipinski definition) is 2. The number of nitrogens with two attached hydrogens (primary N) is 1. The molecule has 5 nitrogen and oxygen atoms in total. The first-order valence-electron chi connectivity index (χ1n) is 11.3. The number of allylic oxidation sites excluding steroid dienone is 1. The van der Waals surface area contributed by atoms with Gasteiger partial charge in [0.15, 0.2) is 0 Å². The average Bonchev–Trinajstić information content (AvgIpc) is 2.76. The number of pyridine rings is 1. The number of aromatic nitrogens is 1. The standard InChI is InChI=1S/C24H36F2N4O/c1-3-4-15-24(25,26)16-8-11-19(31)12-13-20(27)22-21(28)14-17-29-23(22)30(2)18-9-6-5-7-10-18/h3,14,17-18,27H,1,4-13,15-16H2,2H3,(H2,28,29). The van der Waals surface area contributed by atoms with Crippen LogP contribution in [0.15, 0.2) is 24.9 Å². The van der Waals surface area contributed by atoms with Gasteiger partial charge in [-0.1, -0.05) is 25.3 Å². The van der Waals surface area contributed by atoms with Crippen LogP contribution in [0, 0.1) is 5.41 Å². The molecule has 0 bridgehead atoms. The quantitative estimate of drug-likeness (QED) is 0.298. The van der Waals surface area contributed by atoms with Gasteiger partial charge in [0, 0.05) is 56.4 Å². The lowest BCUT2D eigenvalue weighted by Gasteiger charge is -2.33. The van der Waals surface area contributed by atoms with Crippen molar-refractivity contribution >= 4 is 23.0 Å². The zero-order valence-corrected chi connectivity index (χ0v) is 18.6. The SMILES string of the molecule is C=CCCC(F)(F)CCCC(=O)CCC(=N)c1c(N)ccnc1N(C)C1CCCCC1. The molecule has 1 aliphatic rings. The van der Waals surface area contributed by atoms with Crippen molar-refractivity contribution in [3.8, 4) is 0 Å². The summed E-state index contributed by atoms with van der Waals surface area (Å²) in [5, 5.41) is 8.54. The molecule has 1 heterocycles. The van der Waals surface area contributed by atoms with E-state index in [-0.39, 0.29) is 56.4 Å². The van der Waals surface area contributed by atoms with Crippen molar-refractivity contribution in [2.75, 3.05) is 17.7 Å². The number of nitrogen functional groups attached to an aromatic ring is 1. The number of hydrogen-bond acceptors (Lipinski definition) is 5. The highest BCUT2D eigenvalue weighted by Crippen LogP contribution is 2.31. The van der Waals surface area contributed by atoms with Gasteiger partial charge in [-0.05, 0) is 38.2 Å². The molecule has 7 heteroatoms. The summed E-state index contributed by atoms with van der Waals surface area (Å²) in [6.07, 6.45) is 9.32. The fourth-order valence-electron chi connectivity index (χ4n) is 4.18. The summed E-state index contributed by atoms with van der Waals surface area (Å²) < 4.78 is 27.4. The summed E-state index contributed by atoms with van der Waals surface area (Å²) in [5.41, 5.74) is 7.51. The molecule has 0 aromatic carbocycles. The highest BCUT2D eigenvalue weighted by molar-refractivity contribution is 6.07. The van der Waals surface area contributed by atoms with Crippen LogP contribution in [0.4, 0.5) is 20.3 Å². The second-order valence-corrected chi connectivity index (χ2v) is 8.56. The Morgan fingerprint density at radius 3 is 2.68 bits per heavy atom. The van der Waals surface area contributed by atoms with Crippen LogP contribution in [0.25, 0.3) is 0 Å². The number of ketones is 1. The van der Waals surface area contributed by atoms with Gasteiger partial charge in [-0.15, -0.1) is 6.58 Å². The van der Waals surface area contributed by atoms with Crippen LogP contribution in [-0.4, -0.2) is 35.5 Å². The maximum Gasteiger partial charge on any atom is 0.248 e. The van der Waals surface area contributed by atoms with Crippen molar-refractivity contribution in [1.29, 1.82) is 5.41 Å². The highest BCUT2D eigenvalue weighted by Gasteiger charge is 2.27. The Balaban J connectivity index is 1.91. The summed E-state index contributed by atoms with van der Waals surface area (Å²) >= 11 is 0. The fourth-order valence-corrected chi connectivity index (χ4v) is 4.18. The molecule has 1 aliphatic carbocycles. The molecule has 0 amide bonds. The van der Waals surface area contributed by atoms with Crippen LogP contribution in [0.2, 0.25) is 0 Å². The van der Waals surface area contributed by atoms with Crippen LogP contribution in [0.3, 0.4) is 0 Å². The van der Waals surface area contributed by atoms with Gasteiger partial charge < -0.3 is 16.0 Å². The lowest BCUT2D eigenvalue weighted by molar-refractivity contribution is -0.119. The predicted octanol–water partition coefficient (Wildman–Crippen LogP) is 5.92. The van der Waals surface area contributed by atoms with E-state index in [1.807, 2.05) is 7.05 Å². The summed E-state index contributed by atoms with van der Waals surface area (Å²) in [4.78, 5) is 18.8. The van der Waals surface area contributed by atoms with E-state index in [2.05, 4.69) is 16.5 Å². The minimum absolute atomic E-state index is 0.103. The molecule has 0 radical (unpaired) electrons. The van der Waals surface area contributed by atoms with Crippen LogP contribution < -0.4 is 10.6 Å². The Morgan fingerprint density at radius 2 is 2.00 bits per heavy atom. The van der Waals surface area contributed by atoms with Crippen molar-refractivity contribution < 1.29 is 13.6 Å². The maximum atomic E-state index is 13.7. The second kappa shape index (κ2) is 11.9. The third-order valence-electron chi connectivity index (χ3n) is 6.09. The molecule has 172 valence electrons. The van der Waals surface area contributed by atoms with Gasteiger partial charge in [-0.25, -0.2) is 13.8 Å². The maximum absolute atomic E-state index is 13.7. The molecule has 1 aromatic heterocycles. The zero-order valence-electron chi connectivity index (χ0n) is 18.6. The first kappa shape index (κ1) is 25.0. The minimum atomic E-state index is -2.76. The number of anilines is 2. The van der Waals surface area contributed by atoms with Crippen molar-refractivity contribution in [2.45, 2.75) is 89.0 Å². The van der Waals surface area contributed by atoms with E-state index in [4.69, 9.17) is 11.1 Å². The van der Waals surface area contributed by atoms with Crippen LogP contribution in [-0.2, 0) is 4.79 Å². The van der Waals surface area contributed by atoms with E-state index in [9.17, 15) is 13.6 Å². The van der Waals surface area contributed by atoms with E-state index in [1.165, 1.54) is 25.3 Å². The zero-order chi connectivity index (χ0) is 22.9. The third kappa shape index (κ3) is 7.71. The average molecular weight is 435 g/mol. The van der Waals surface area contributed by atoms with Crippen molar-refractivity contribution in [2.24, 2.45) is 0 Å². The van der Waals surface area contributed by atoms with E-state index >= 15 is 0 Å². The number of Topliss-reactive ketones (excluding diaryl/α,β-unsaturated/α-hetero) is 1. The smallest absolute Gasteiger partial charge is 0.248 e. The van der Waals surface area contributed by atoms with Gasteiger partial charge in [0.05, 0.1) is 5.56 Å². The molecule has 0 atom stereocenters. The van der Waals surface area contributed by atoms with Crippen molar-refractivity contribution in [1.82, 2.24) is 4.98 Å². The van der Waals surface area contributed by atoms with Gasteiger partial charge in [-0.2, -0.15) is 0 Å². The Kier molecular flexibility index (Phi) is 9.59. The van der Waals surface area contributed by atoms with Gasteiger partial charge in [-0.3, -0.25) is 4.79 Å². The van der Waals surface area contributed by atoms with E-state index in [0.29, 0.717) is 23.1 Å². The highest BCUT2D eigenvalue weighted by atomic mass is 19.3. The third-order valence-corrected chi connectivity index (χ3v) is 6.09. The van der Waals surface area contributed by atoms with E-state index < -0.39 is 5.92 Å². The predicted molar refractivity (Wildman–Crippen MR) is 123 cm³/mol. The molecule has 31 heavy (non-hydrogen) atoms. The molecular weight excluding hydrogens is 398 g/mol. The number of nitrogens with one attached hydrogen (secondary N) is 1. The summed E-state index contributed by atoms with van der Waals surface area (Å²) in [6.45, 7) is 3.46. The van der Waals surface area contributed by atoms with Crippen molar-refractivity contribution in [3.63, 3.8) is 0 Å². The van der Waals surface area contributed by atoms with Gasteiger partial charge in [0.25, 0.3) is 0 Å². The normalized spacial score (nSPS) is 14.9. The minimum Gasteiger partial charge on any atom is -0.398 e. The molecule has 0 saturated heterocycles. The molecule has 0 unspecified atom stereocenters. The van der Waals surface area contributed by atoms with Gasteiger partial charge in [0.2, 0.25) is 5.92 Å². The summed E-state index contributed by atoms with van der Waals surface area (Å²) in [6, 6.07) is 2.05. The number of carbonyl (C=O) groups excluding carboxylic acids is 1. The second-order valence-electron chi connectivity index (χ2n) is 8.56. The number of nitrogens with zero attached hydrogens (tertiary/aromatic N) is 2. The summed E-state index contributed by atoms with van der Waals surface area (Å²) in [5.74, 6) is -2.18. The first-order valence-corrected chi connectivity index (χ1v) is 11.3. The Morgan fingerprint density at radius 1 is 1.29 bits per heavy atom. The number of rotatable bonds is 13. The Labute approximate surface area is 184 Å².